The van der Waals surface area contributed by atoms with E-state index in [4.69, 9.17) is 10.5 Å². The number of nitrogen functional groups attached to an aromatic ring is 1. The molecule has 0 aliphatic carbocycles. The summed E-state index contributed by atoms with van der Waals surface area (Å²) < 4.78 is 5.61. The number of nitrogens with two attached hydrogens (primary N) is 1. The first-order valence-electron chi connectivity index (χ1n) is 7.16. The zero-order chi connectivity index (χ0) is 14.4. The first-order valence-corrected chi connectivity index (χ1v) is 7.16. The van der Waals surface area contributed by atoms with Gasteiger partial charge < -0.3 is 15.8 Å². The summed E-state index contributed by atoms with van der Waals surface area (Å²) in [5, 5.41) is 2.88. The third-order valence-corrected chi connectivity index (χ3v) is 3.49. The van der Waals surface area contributed by atoms with Gasteiger partial charge >= 0.3 is 0 Å². The van der Waals surface area contributed by atoms with Crippen molar-refractivity contribution >= 4 is 17.3 Å². The fourth-order valence-corrected chi connectivity index (χ4v) is 2.35. The number of likely N-dealkylation sites (N-methyl/N-ethyl adjacent to an activating group) is 1. The highest BCUT2D eigenvalue weighted by molar-refractivity contribution is 5.92. The second-order valence-electron chi connectivity index (χ2n) is 5.13. The Hall–Kier alpha value is -1.59. The largest absolute Gasteiger partial charge is 0.399 e. The molecule has 1 atom stereocenters. The van der Waals surface area contributed by atoms with Crippen LogP contribution in [-0.2, 0) is 9.53 Å². The van der Waals surface area contributed by atoms with Gasteiger partial charge in [-0.2, -0.15) is 0 Å². The van der Waals surface area contributed by atoms with Gasteiger partial charge in [0.2, 0.25) is 5.91 Å². The third-order valence-electron chi connectivity index (χ3n) is 3.49. The van der Waals surface area contributed by atoms with Crippen molar-refractivity contribution in [3.05, 3.63) is 24.3 Å². The van der Waals surface area contributed by atoms with Gasteiger partial charge in [-0.15, -0.1) is 0 Å². The van der Waals surface area contributed by atoms with Crippen LogP contribution >= 0.6 is 0 Å². The molecule has 0 spiro atoms. The monoisotopic (exact) mass is 277 g/mol. The van der Waals surface area contributed by atoms with Crippen molar-refractivity contribution in [2.75, 3.05) is 37.3 Å². The normalized spacial score (nSPS) is 18.4. The summed E-state index contributed by atoms with van der Waals surface area (Å²) in [6.07, 6.45) is 2.50. The highest BCUT2D eigenvalue weighted by atomic mass is 16.5. The van der Waals surface area contributed by atoms with Gasteiger partial charge in [-0.25, -0.2) is 0 Å². The van der Waals surface area contributed by atoms with E-state index in [1.54, 1.807) is 12.1 Å². The lowest BCUT2D eigenvalue weighted by molar-refractivity contribution is -0.117. The second kappa shape index (κ2) is 7.26. The summed E-state index contributed by atoms with van der Waals surface area (Å²) in [6.45, 7) is 4.96. The van der Waals surface area contributed by atoms with Crippen molar-refractivity contribution in [2.24, 2.45) is 0 Å². The van der Waals surface area contributed by atoms with Crippen molar-refractivity contribution in [3.8, 4) is 0 Å². The molecule has 110 valence electrons. The SMILES string of the molecule is CCN(CC(=O)Nc1ccc(N)cc1)CC1CCCO1. The third kappa shape index (κ3) is 4.51. The van der Waals surface area contributed by atoms with Gasteiger partial charge in [-0.3, -0.25) is 9.69 Å². The lowest BCUT2D eigenvalue weighted by atomic mass is 10.2. The maximum absolute atomic E-state index is 12.0. The van der Waals surface area contributed by atoms with Crippen LogP contribution in [0.4, 0.5) is 11.4 Å². The molecule has 2 rings (SSSR count). The summed E-state index contributed by atoms with van der Waals surface area (Å²) >= 11 is 0. The van der Waals surface area contributed by atoms with E-state index in [2.05, 4.69) is 17.1 Å². The van der Waals surface area contributed by atoms with Crippen LogP contribution in [0.2, 0.25) is 0 Å². The van der Waals surface area contributed by atoms with Crippen LogP contribution in [0.25, 0.3) is 0 Å². The molecule has 0 bridgehead atoms. The van der Waals surface area contributed by atoms with Crippen LogP contribution in [-0.4, -0.2) is 43.2 Å². The minimum Gasteiger partial charge on any atom is -0.399 e. The van der Waals surface area contributed by atoms with E-state index in [0.717, 1.165) is 38.2 Å². The molecule has 3 N–H and O–H groups in total. The molecule has 1 aromatic carbocycles. The molecule has 1 aromatic rings. The Bertz CT molecular complexity index is 427. The zero-order valence-electron chi connectivity index (χ0n) is 12.0. The van der Waals surface area contributed by atoms with Crippen molar-refractivity contribution < 1.29 is 9.53 Å². The Morgan fingerprint density at radius 3 is 2.80 bits per heavy atom. The first-order chi connectivity index (χ1) is 9.67. The Morgan fingerprint density at radius 2 is 2.20 bits per heavy atom. The summed E-state index contributed by atoms with van der Waals surface area (Å²) in [5.74, 6) is -0.00498. The second-order valence-corrected chi connectivity index (χ2v) is 5.13. The molecule has 1 unspecified atom stereocenters. The Morgan fingerprint density at radius 1 is 1.45 bits per heavy atom. The van der Waals surface area contributed by atoms with Crippen LogP contribution in [0.5, 0.6) is 0 Å². The molecule has 5 heteroatoms. The minimum atomic E-state index is -0.00498. The first kappa shape index (κ1) is 14.8. The predicted molar refractivity (Wildman–Crippen MR) is 80.6 cm³/mol. The number of amides is 1. The van der Waals surface area contributed by atoms with Gasteiger partial charge in [0.05, 0.1) is 12.6 Å². The van der Waals surface area contributed by atoms with Crippen molar-refractivity contribution in [2.45, 2.75) is 25.9 Å². The van der Waals surface area contributed by atoms with Crippen LogP contribution < -0.4 is 11.1 Å². The molecule has 1 aliphatic heterocycles. The fraction of sp³-hybridized carbons (Fsp3) is 0.533. The van der Waals surface area contributed by atoms with Gasteiger partial charge in [0.15, 0.2) is 0 Å². The number of carbonyl (C=O) groups is 1. The summed E-state index contributed by atoms with van der Waals surface area (Å²) in [7, 11) is 0. The molecular formula is C15H23N3O2. The number of carbonyl (C=O) groups excluding carboxylic acids is 1. The highest BCUT2D eigenvalue weighted by Gasteiger charge is 2.19. The number of hydrogen-bond acceptors (Lipinski definition) is 4. The number of ether oxygens (including phenoxy) is 1. The molecule has 1 aliphatic rings. The predicted octanol–water partition coefficient (Wildman–Crippen LogP) is 1.71. The maximum atomic E-state index is 12.0. The molecular weight excluding hydrogens is 254 g/mol. The Labute approximate surface area is 120 Å². The molecule has 0 aromatic heterocycles. The summed E-state index contributed by atoms with van der Waals surface area (Å²) in [5.41, 5.74) is 7.08. The Balaban J connectivity index is 1.80. The van der Waals surface area contributed by atoms with Gasteiger partial charge in [-0.1, -0.05) is 6.92 Å². The van der Waals surface area contributed by atoms with Crippen molar-refractivity contribution in [3.63, 3.8) is 0 Å². The number of rotatable bonds is 6. The smallest absolute Gasteiger partial charge is 0.238 e. The van der Waals surface area contributed by atoms with Gasteiger partial charge in [0, 0.05) is 24.5 Å². The zero-order valence-corrected chi connectivity index (χ0v) is 12.0. The van der Waals surface area contributed by atoms with Crippen LogP contribution in [0.1, 0.15) is 19.8 Å². The minimum absolute atomic E-state index is 0.00498. The number of hydrogen-bond donors (Lipinski definition) is 2. The van der Waals surface area contributed by atoms with Crippen LogP contribution in [0.3, 0.4) is 0 Å². The lowest BCUT2D eigenvalue weighted by Crippen LogP contribution is -2.38. The molecule has 1 heterocycles. The molecule has 1 amide bonds. The highest BCUT2D eigenvalue weighted by Crippen LogP contribution is 2.14. The maximum Gasteiger partial charge on any atom is 0.238 e. The summed E-state index contributed by atoms with van der Waals surface area (Å²) in [4.78, 5) is 14.1. The average Bonchev–Trinajstić information content (AvgIpc) is 2.93. The molecule has 0 saturated carbocycles. The van der Waals surface area contributed by atoms with Gasteiger partial charge in [-0.05, 0) is 43.7 Å². The van der Waals surface area contributed by atoms with E-state index in [9.17, 15) is 4.79 Å². The lowest BCUT2D eigenvalue weighted by Gasteiger charge is -2.23. The average molecular weight is 277 g/mol. The topological polar surface area (TPSA) is 67.6 Å². The quantitative estimate of drug-likeness (QED) is 0.777. The molecule has 0 radical (unpaired) electrons. The fourth-order valence-electron chi connectivity index (χ4n) is 2.35. The standard InChI is InChI=1S/C15H23N3O2/c1-2-18(10-14-4-3-9-20-14)11-15(19)17-13-7-5-12(16)6-8-13/h5-8,14H,2-4,9-11,16H2,1H3,(H,17,19). The van der Waals surface area contributed by atoms with E-state index in [1.165, 1.54) is 0 Å². The molecule has 20 heavy (non-hydrogen) atoms. The van der Waals surface area contributed by atoms with E-state index in [-0.39, 0.29) is 12.0 Å². The molecule has 5 nitrogen and oxygen atoms in total. The molecule has 1 fully saturated rings. The van der Waals surface area contributed by atoms with Crippen LogP contribution in [0.15, 0.2) is 24.3 Å². The number of benzene rings is 1. The summed E-state index contributed by atoms with van der Waals surface area (Å²) in [6, 6.07) is 7.17. The van der Waals surface area contributed by atoms with E-state index in [0.29, 0.717) is 12.2 Å². The molecule has 1 saturated heterocycles. The Kier molecular flexibility index (Phi) is 5.38. The number of nitrogens with one attached hydrogen (secondary N) is 1. The van der Waals surface area contributed by atoms with E-state index >= 15 is 0 Å². The van der Waals surface area contributed by atoms with Crippen molar-refractivity contribution in [1.82, 2.24) is 4.90 Å². The van der Waals surface area contributed by atoms with Gasteiger partial charge in [0.1, 0.15) is 0 Å². The van der Waals surface area contributed by atoms with Gasteiger partial charge in [0.25, 0.3) is 0 Å². The number of nitrogens with zero attached hydrogens (tertiary/aromatic N) is 1. The van der Waals surface area contributed by atoms with E-state index < -0.39 is 0 Å². The van der Waals surface area contributed by atoms with E-state index in [1.807, 2.05) is 12.1 Å². The van der Waals surface area contributed by atoms with Crippen molar-refractivity contribution in [1.29, 1.82) is 0 Å². The number of anilines is 2. The van der Waals surface area contributed by atoms with Crippen LogP contribution in [0, 0.1) is 0 Å².